The molecule has 0 aliphatic rings. The number of carbonyl (C=O) groups is 1. The molecule has 0 saturated carbocycles. The highest BCUT2D eigenvalue weighted by molar-refractivity contribution is 5.91. The molecule has 3 rings (SSSR count). The normalized spacial score (nSPS) is 10.6. The van der Waals surface area contributed by atoms with E-state index in [1.807, 2.05) is 0 Å². The van der Waals surface area contributed by atoms with Gasteiger partial charge >= 0.3 is 0 Å². The fourth-order valence-electron chi connectivity index (χ4n) is 2.12. The van der Waals surface area contributed by atoms with Crippen LogP contribution in [0.3, 0.4) is 0 Å². The van der Waals surface area contributed by atoms with Crippen molar-refractivity contribution in [3.63, 3.8) is 0 Å². The number of hydrogen-bond donors (Lipinski definition) is 1. The van der Waals surface area contributed by atoms with Crippen molar-refractivity contribution in [2.75, 3.05) is 0 Å². The van der Waals surface area contributed by atoms with E-state index in [0.717, 1.165) is 6.07 Å². The van der Waals surface area contributed by atoms with Crippen LogP contribution < -0.4 is 10.7 Å². The Morgan fingerprint density at radius 3 is 2.67 bits per heavy atom. The number of nitrogens with one attached hydrogen (secondary N) is 1. The van der Waals surface area contributed by atoms with Crippen LogP contribution in [0.1, 0.15) is 22.1 Å². The maximum absolute atomic E-state index is 12.9. The molecule has 6 nitrogen and oxygen atoms in total. The van der Waals surface area contributed by atoms with Crippen molar-refractivity contribution in [1.29, 1.82) is 0 Å². The molecule has 0 aliphatic heterocycles. The highest BCUT2D eigenvalue weighted by Gasteiger charge is 2.12. The fourth-order valence-corrected chi connectivity index (χ4v) is 2.12. The summed E-state index contributed by atoms with van der Waals surface area (Å²) in [7, 11) is 0. The van der Waals surface area contributed by atoms with Gasteiger partial charge in [0, 0.05) is 23.8 Å². The molecule has 0 bridgehead atoms. The molecule has 2 aromatic heterocycles. The molecule has 1 aromatic carbocycles. The molecule has 122 valence electrons. The quantitative estimate of drug-likeness (QED) is 0.796. The number of halogens is 1. The van der Waals surface area contributed by atoms with Gasteiger partial charge in [-0.2, -0.15) is 0 Å². The van der Waals surface area contributed by atoms with Gasteiger partial charge in [0.05, 0.1) is 6.54 Å². The molecule has 0 saturated heterocycles. The third-order valence-corrected chi connectivity index (χ3v) is 3.24. The van der Waals surface area contributed by atoms with Gasteiger partial charge in [0.15, 0.2) is 16.9 Å². The van der Waals surface area contributed by atoms with E-state index in [1.54, 1.807) is 25.1 Å². The fraction of sp³-hybridized carbons (Fsp3) is 0.118. The van der Waals surface area contributed by atoms with Crippen molar-refractivity contribution in [3.8, 4) is 11.3 Å². The van der Waals surface area contributed by atoms with Crippen LogP contribution in [0.4, 0.5) is 4.39 Å². The number of rotatable bonds is 4. The number of hydrogen-bond acceptors (Lipinski definition) is 5. The van der Waals surface area contributed by atoms with Gasteiger partial charge in [0.2, 0.25) is 0 Å². The Morgan fingerprint density at radius 2 is 1.96 bits per heavy atom. The zero-order valence-electron chi connectivity index (χ0n) is 12.7. The zero-order chi connectivity index (χ0) is 17.1. The molecule has 1 amide bonds. The molecule has 0 spiro atoms. The van der Waals surface area contributed by atoms with Crippen molar-refractivity contribution in [1.82, 2.24) is 10.5 Å². The van der Waals surface area contributed by atoms with E-state index in [1.165, 1.54) is 18.2 Å². The van der Waals surface area contributed by atoms with E-state index >= 15 is 0 Å². The van der Waals surface area contributed by atoms with Crippen molar-refractivity contribution in [2.24, 2.45) is 0 Å². The Balaban J connectivity index is 1.68. The second kappa shape index (κ2) is 6.49. The first-order valence-electron chi connectivity index (χ1n) is 7.13. The number of amides is 1. The topological polar surface area (TPSA) is 85.3 Å². The molecule has 0 aliphatic carbocycles. The van der Waals surface area contributed by atoms with Crippen LogP contribution in [0.2, 0.25) is 0 Å². The largest absolute Gasteiger partial charge is 0.456 e. The number of carbonyl (C=O) groups excluding carboxylic acids is 1. The average Bonchev–Trinajstić information content (AvgIpc) is 3.01. The van der Waals surface area contributed by atoms with Crippen LogP contribution in [0.25, 0.3) is 11.3 Å². The summed E-state index contributed by atoms with van der Waals surface area (Å²) in [6, 6.07) is 9.86. The molecule has 0 fully saturated rings. The second-order valence-corrected chi connectivity index (χ2v) is 5.14. The summed E-state index contributed by atoms with van der Waals surface area (Å²) in [5, 5.41) is 6.45. The van der Waals surface area contributed by atoms with Crippen LogP contribution in [0, 0.1) is 12.7 Å². The summed E-state index contributed by atoms with van der Waals surface area (Å²) >= 11 is 0. The molecule has 0 unspecified atom stereocenters. The number of benzene rings is 1. The summed E-state index contributed by atoms with van der Waals surface area (Å²) in [6.45, 7) is 1.66. The van der Waals surface area contributed by atoms with Crippen molar-refractivity contribution < 1.29 is 18.1 Å². The third kappa shape index (κ3) is 3.57. The van der Waals surface area contributed by atoms with Gasteiger partial charge in [0.25, 0.3) is 5.91 Å². The molecule has 7 heteroatoms. The van der Waals surface area contributed by atoms with Gasteiger partial charge < -0.3 is 14.3 Å². The summed E-state index contributed by atoms with van der Waals surface area (Å²) in [4.78, 5) is 23.4. The maximum Gasteiger partial charge on any atom is 0.287 e. The van der Waals surface area contributed by atoms with E-state index < -0.39 is 5.91 Å². The lowest BCUT2D eigenvalue weighted by Crippen LogP contribution is -2.23. The summed E-state index contributed by atoms with van der Waals surface area (Å²) in [5.41, 5.74) is 0.922. The number of nitrogens with zero attached hydrogens (tertiary/aromatic N) is 1. The van der Waals surface area contributed by atoms with Crippen LogP contribution in [-0.4, -0.2) is 11.1 Å². The highest BCUT2D eigenvalue weighted by atomic mass is 19.1. The number of aromatic nitrogens is 1. The first kappa shape index (κ1) is 15.7. The minimum Gasteiger partial charge on any atom is -0.456 e. The molecule has 0 atom stereocenters. The van der Waals surface area contributed by atoms with Crippen molar-refractivity contribution >= 4 is 5.91 Å². The van der Waals surface area contributed by atoms with Gasteiger partial charge in [-0.15, -0.1) is 0 Å². The minimum atomic E-state index is -0.532. The van der Waals surface area contributed by atoms with Gasteiger partial charge in [0.1, 0.15) is 17.3 Å². The molecule has 2 heterocycles. The van der Waals surface area contributed by atoms with Gasteiger partial charge in [-0.05, 0) is 31.2 Å². The van der Waals surface area contributed by atoms with Gasteiger partial charge in [-0.3, -0.25) is 9.59 Å². The standard InChI is InChI=1S/C17H13FN2O4/c1-10-6-13(21)7-16(23-10)17(22)19-9-14-8-15(20-24-14)11-2-4-12(18)5-3-11/h2-8H,9H2,1H3,(H,19,22). The first-order valence-corrected chi connectivity index (χ1v) is 7.13. The minimum absolute atomic E-state index is 0.0710. The van der Waals surface area contributed by atoms with Gasteiger partial charge in [-0.1, -0.05) is 5.16 Å². The maximum atomic E-state index is 12.9. The molecular weight excluding hydrogens is 315 g/mol. The predicted molar refractivity (Wildman–Crippen MR) is 82.8 cm³/mol. The smallest absolute Gasteiger partial charge is 0.287 e. The molecule has 1 N–H and O–H groups in total. The molecular formula is C17H13FN2O4. The van der Waals surface area contributed by atoms with Crippen LogP contribution >= 0.6 is 0 Å². The Hall–Kier alpha value is -3.22. The Morgan fingerprint density at radius 1 is 1.21 bits per heavy atom. The SMILES string of the molecule is Cc1cc(=O)cc(C(=O)NCc2cc(-c3ccc(F)cc3)no2)o1. The van der Waals surface area contributed by atoms with Gasteiger partial charge in [-0.25, -0.2) is 4.39 Å². The van der Waals surface area contributed by atoms with E-state index in [-0.39, 0.29) is 23.6 Å². The summed E-state index contributed by atoms with van der Waals surface area (Å²) in [5.74, 6) is -0.174. The monoisotopic (exact) mass is 328 g/mol. The lowest BCUT2D eigenvalue weighted by molar-refractivity contribution is 0.0915. The van der Waals surface area contributed by atoms with Crippen molar-refractivity contribution in [2.45, 2.75) is 13.5 Å². The summed E-state index contributed by atoms with van der Waals surface area (Å²) in [6.07, 6.45) is 0. The number of aryl methyl sites for hydroxylation is 1. The van der Waals surface area contributed by atoms with Crippen LogP contribution in [-0.2, 0) is 6.54 Å². The van der Waals surface area contributed by atoms with E-state index in [9.17, 15) is 14.0 Å². The lowest BCUT2D eigenvalue weighted by atomic mass is 10.1. The Labute approximate surface area is 135 Å². The summed E-state index contributed by atoms with van der Waals surface area (Å²) < 4.78 is 23.2. The zero-order valence-corrected chi connectivity index (χ0v) is 12.7. The second-order valence-electron chi connectivity index (χ2n) is 5.14. The molecule has 0 radical (unpaired) electrons. The first-order chi connectivity index (χ1) is 11.5. The predicted octanol–water partition coefficient (Wildman–Crippen LogP) is 2.67. The van der Waals surface area contributed by atoms with Crippen LogP contribution in [0.15, 0.2) is 56.2 Å². The van der Waals surface area contributed by atoms with Crippen LogP contribution in [0.5, 0.6) is 0 Å². The third-order valence-electron chi connectivity index (χ3n) is 3.24. The molecule has 3 aromatic rings. The van der Waals surface area contributed by atoms with Crippen molar-refractivity contribution in [3.05, 3.63) is 75.8 Å². The Kier molecular flexibility index (Phi) is 4.24. The Bertz CT molecular complexity index is 928. The lowest BCUT2D eigenvalue weighted by Gasteiger charge is -2.02. The highest BCUT2D eigenvalue weighted by Crippen LogP contribution is 2.19. The average molecular weight is 328 g/mol. The van der Waals surface area contributed by atoms with E-state index in [4.69, 9.17) is 8.94 Å². The molecule has 24 heavy (non-hydrogen) atoms. The van der Waals surface area contributed by atoms with E-state index in [0.29, 0.717) is 22.8 Å². The van der Waals surface area contributed by atoms with E-state index in [2.05, 4.69) is 10.5 Å².